The quantitative estimate of drug-likeness (QED) is 0.696. The molecule has 0 bridgehead atoms. The van der Waals surface area contributed by atoms with Crippen molar-refractivity contribution in [3.05, 3.63) is 59.9 Å². The molecule has 2 aromatic rings. The van der Waals surface area contributed by atoms with Gasteiger partial charge in [-0.2, -0.15) is 0 Å². The summed E-state index contributed by atoms with van der Waals surface area (Å²) in [6, 6.07) is 14.0. The highest BCUT2D eigenvalue weighted by Crippen LogP contribution is 2.37. The van der Waals surface area contributed by atoms with Crippen molar-refractivity contribution in [1.29, 1.82) is 0 Å². The molecule has 6 nitrogen and oxygen atoms in total. The van der Waals surface area contributed by atoms with Crippen LogP contribution in [0.5, 0.6) is 11.5 Å². The Morgan fingerprint density at radius 2 is 1.89 bits per heavy atom. The van der Waals surface area contributed by atoms with E-state index in [0.717, 1.165) is 37.9 Å². The van der Waals surface area contributed by atoms with E-state index in [2.05, 4.69) is 11.4 Å². The summed E-state index contributed by atoms with van der Waals surface area (Å²) < 4.78 is 24.8. The summed E-state index contributed by atoms with van der Waals surface area (Å²) in [5.74, 6) is 1.05. The number of nitrogens with one attached hydrogen (secondary N) is 1. The zero-order valence-corrected chi connectivity index (χ0v) is 20.3. The minimum Gasteiger partial charge on any atom is -0.493 e. The van der Waals surface area contributed by atoms with Gasteiger partial charge in [0.2, 0.25) is 11.8 Å². The molecule has 2 aliphatic rings. The number of hydrogen-bond acceptors (Lipinski definition) is 4. The van der Waals surface area contributed by atoms with Gasteiger partial charge in [-0.15, -0.1) is 0 Å². The highest BCUT2D eigenvalue weighted by molar-refractivity contribution is 5.83. The van der Waals surface area contributed by atoms with Gasteiger partial charge < -0.3 is 19.7 Å². The standard InChI is InChI=1S/C28H35FN2O4/c29-23-9-6-10-24(21-23)34-19-12-26(32)31-17-14-28(15-18-31)13-5-1-2-7-22-8-3-4-11-25(22)35-20-16-30-27(28)33/h3-4,6,8-11,21H,1-2,5,7,12-20H2,(H,30,33). The number of likely N-dealkylation sites (tertiary alicyclic amines) is 1. The van der Waals surface area contributed by atoms with Crippen LogP contribution >= 0.6 is 0 Å². The molecule has 7 heteroatoms. The lowest BCUT2D eigenvalue weighted by atomic mass is 9.73. The minimum absolute atomic E-state index is 0.00691. The van der Waals surface area contributed by atoms with E-state index in [1.807, 2.05) is 23.1 Å². The van der Waals surface area contributed by atoms with Gasteiger partial charge in [0.15, 0.2) is 0 Å². The van der Waals surface area contributed by atoms with E-state index in [1.54, 1.807) is 12.1 Å². The van der Waals surface area contributed by atoms with Crippen molar-refractivity contribution in [3.8, 4) is 11.5 Å². The molecule has 2 aliphatic heterocycles. The van der Waals surface area contributed by atoms with Crippen LogP contribution in [0.3, 0.4) is 0 Å². The number of fused-ring (bicyclic) bond motifs is 1. The zero-order valence-electron chi connectivity index (χ0n) is 20.3. The lowest BCUT2D eigenvalue weighted by Gasteiger charge is -2.41. The minimum atomic E-state index is -0.435. The first kappa shape index (κ1) is 25.0. The molecule has 1 N–H and O–H groups in total. The second-order valence-corrected chi connectivity index (χ2v) is 9.49. The number of amides is 2. The van der Waals surface area contributed by atoms with Crippen molar-refractivity contribution in [2.75, 3.05) is 32.8 Å². The average molecular weight is 483 g/mol. The molecule has 2 aromatic carbocycles. The van der Waals surface area contributed by atoms with Crippen LogP contribution in [0.2, 0.25) is 0 Å². The second kappa shape index (κ2) is 12.0. The number of carbonyl (C=O) groups excluding carboxylic acids is 2. The number of carbonyl (C=O) groups is 2. The van der Waals surface area contributed by atoms with E-state index in [-0.39, 0.29) is 30.7 Å². The van der Waals surface area contributed by atoms with Crippen LogP contribution in [0.15, 0.2) is 48.5 Å². The summed E-state index contributed by atoms with van der Waals surface area (Å²) in [6.45, 7) is 2.23. The molecule has 2 heterocycles. The largest absolute Gasteiger partial charge is 0.493 e. The molecular formula is C28H35FN2O4. The van der Waals surface area contributed by atoms with E-state index < -0.39 is 5.41 Å². The number of hydrogen-bond donors (Lipinski definition) is 1. The molecule has 0 saturated carbocycles. The molecule has 0 aromatic heterocycles. The Balaban J connectivity index is 1.28. The summed E-state index contributed by atoms with van der Waals surface area (Å²) in [5, 5.41) is 3.10. The number of aryl methyl sites for hydroxylation is 1. The van der Waals surface area contributed by atoms with E-state index in [4.69, 9.17) is 9.47 Å². The molecule has 1 fully saturated rings. The van der Waals surface area contributed by atoms with Gasteiger partial charge in [0.1, 0.15) is 23.9 Å². The smallest absolute Gasteiger partial charge is 0.226 e. The molecule has 0 atom stereocenters. The van der Waals surface area contributed by atoms with Crippen molar-refractivity contribution in [1.82, 2.24) is 10.2 Å². The molecular weight excluding hydrogens is 447 g/mol. The SMILES string of the molecule is O=C(CCOc1cccc(F)c1)N1CCC2(CCCCCc3ccccc3OCCNC2=O)CC1. The predicted molar refractivity (Wildman–Crippen MR) is 132 cm³/mol. The number of benzene rings is 2. The molecule has 188 valence electrons. The number of rotatable bonds is 4. The van der Waals surface area contributed by atoms with Crippen LogP contribution in [-0.2, 0) is 16.0 Å². The van der Waals surface area contributed by atoms with Crippen molar-refractivity contribution in [2.24, 2.45) is 5.41 Å². The molecule has 2 amide bonds. The van der Waals surface area contributed by atoms with Gasteiger partial charge in [0, 0.05) is 19.2 Å². The highest BCUT2D eigenvalue weighted by Gasteiger charge is 2.41. The monoisotopic (exact) mass is 482 g/mol. The first-order valence-electron chi connectivity index (χ1n) is 12.7. The van der Waals surface area contributed by atoms with Crippen molar-refractivity contribution < 1.29 is 23.5 Å². The maximum Gasteiger partial charge on any atom is 0.226 e. The van der Waals surface area contributed by atoms with Gasteiger partial charge in [0.05, 0.1) is 25.0 Å². The first-order chi connectivity index (χ1) is 17.1. The fraction of sp³-hybridized carbons (Fsp3) is 0.500. The predicted octanol–water partition coefficient (Wildman–Crippen LogP) is 4.52. The van der Waals surface area contributed by atoms with Crippen LogP contribution in [-0.4, -0.2) is 49.6 Å². The Labute approximate surface area is 206 Å². The molecule has 0 radical (unpaired) electrons. The van der Waals surface area contributed by atoms with E-state index in [9.17, 15) is 14.0 Å². The van der Waals surface area contributed by atoms with Gasteiger partial charge in [-0.3, -0.25) is 9.59 Å². The van der Waals surface area contributed by atoms with Crippen molar-refractivity contribution in [2.45, 2.75) is 51.4 Å². The lowest BCUT2D eigenvalue weighted by molar-refractivity contribution is -0.141. The third-order valence-electron chi connectivity index (χ3n) is 7.15. The van der Waals surface area contributed by atoms with Crippen LogP contribution < -0.4 is 14.8 Å². The Hall–Kier alpha value is -3.09. The summed E-state index contributed by atoms with van der Waals surface area (Å²) in [7, 11) is 0. The highest BCUT2D eigenvalue weighted by atomic mass is 19.1. The van der Waals surface area contributed by atoms with Crippen molar-refractivity contribution >= 4 is 11.8 Å². The number of nitrogens with zero attached hydrogens (tertiary/aromatic N) is 1. The van der Waals surface area contributed by atoms with Crippen molar-refractivity contribution in [3.63, 3.8) is 0 Å². The maximum absolute atomic E-state index is 13.3. The fourth-order valence-electron chi connectivity index (χ4n) is 5.07. The van der Waals surface area contributed by atoms with Gasteiger partial charge in [0.25, 0.3) is 0 Å². The van der Waals surface area contributed by atoms with E-state index in [0.29, 0.717) is 44.8 Å². The van der Waals surface area contributed by atoms with Gasteiger partial charge >= 0.3 is 0 Å². The summed E-state index contributed by atoms with van der Waals surface area (Å²) in [5.41, 5.74) is 0.788. The van der Waals surface area contributed by atoms with Crippen LogP contribution in [0.4, 0.5) is 4.39 Å². The average Bonchev–Trinajstić information content (AvgIpc) is 2.88. The first-order valence-corrected chi connectivity index (χ1v) is 12.7. The number of para-hydroxylation sites is 1. The molecule has 4 rings (SSSR count). The van der Waals surface area contributed by atoms with Crippen LogP contribution in [0.1, 0.15) is 50.5 Å². The van der Waals surface area contributed by atoms with Crippen LogP contribution in [0, 0.1) is 11.2 Å². The molecule has 0 aliphatic carbocycles. The van der Waals surface area contributed by atoms with Gasteiger partial charge in [-0.05, 0) is 55.9 Å². The molecule has 1 spiro atoms. The number of halogens is 1. The Morgan fingerprint density at radius 1 is 1.06 bits per heavy atom. The van der Waals surface area contributed by atoms with E-state index >= 15 is 0 Å². The second-order valence-electron chi connectivity index (χ2n) is 9.49. The summed E-state index contributed by atoms with van der Waals surface area (Å²) >= 11 is 0. The van der Waals surface area contributed by atoms with Gasteiger partial charge in [-0.25, -0.2) is 4.39 Å². The zero-order chi connectivity index (χ0) is 24.5. The third-order valence-corrected chi connectivity index (χ3v) is 7.15. The summed E-state index contributed by atoms with van der Waals surface area (Å²) in [6.07, 6.45) is 6.49. The Kier molecular flexibility index (Phi) is 8.61. The maximum atomic E-state index is 13.3. The lowest BCUT2D eigenvalue weighted by Crippen LogP contribution is -2.50. The molecule has 0 unspecified atom stereocenters. The molecule has 1 saturated heterocycles. The topological polar surface area (TPSA) is 67.9 Å². The summed E-state index contributed by atoms with van der Waals surface area (Å²) in [4.78, 5) is 27.8. The fourth-order valence-corrected chi connectivity index (χ4v) is 5.07. The third kappa shape index (κ3) is 6.74. The van der Waals surface area contributed by atoms with Gasteiger partial charge in [-0.1, -0.05) is 37.1 Å². The van der Waals surface area contributed by atoms with E-state index in [1.165, 1.54) is 17.7 Å². The van der Waals surface area contributed by atoms with Crippen LogP contribution in [0.25, 0.3) is 0 Å². The molecule has 35 heavy (non-hydrogen) atoms. The Morgan fingerprint density at radius 3 is 2.71 bits per heavy atom. The normalized spacial score (nSPS) is 18.8. The number of piperidine rings is 1. The Bertz CT molecular complexity index is 1000. The number of ether oxygens (including phenoxy) is 2.